The van der Waals surface area contributed by atoms with Crippen molar-refractivity contribution in [3.63, 3.8) is 0 Å². The molecular weight excluding hydrogens is 370 g/mol. The maximum absolute atomic E-state index is 12.7. The van der Waals surface area contributed by atoms with Crippen LogP contribution in [0.4, 0.5) is 5.69 Å². The summed E-state index contributed by atoms with van der Waals surface area (Å²) in [4.78, 5) is 30.0. The van der Waals surface area contributed by atoms with E-state index in [2.05, 4.69) is 4.99 Å². The lowest BCUT2D eigenvalue weighted by atomic mass is 10.0. The number of fused-ring (bicyclic) bond motifs is 6. The van der Waals surface area contributed by atoms with Gasteiger partial charge in [-0.1, -0.05) is 66.7 Å². The minimum absolute atomic E-state index is 0.0403. The van der Waals surface area contributed by atoms with Gasteiger partial charge < -0.3 is 0 Å². The highest BCUT2D eigenvalue weighted by Gasteiger charge is 2.27. The summed E-state index contributed by atoms with van der Waals surface area (Å²) in [6.07, 6.45) is 1.74. The molecule has 3 heteroatoms. The fourth-order valence-corrected chi connectivity index (χ4v) is 4.37. The number of benzene rings is 4. The molecule has 2 aliphatic carbocycles. The Kier molecular flexibility index (Phi) is 3.47. The smallest absolute Gasteiger partial charge is 0.194 e. The Balaban J connectivity index is 1.34. The Morgan fingerprint density at radius 1 is 0.500 bits per heavy atom. The summed E-state index contributed by atoms with van der Waals surface area (Å²) >= 11 is 0. The van der Waals surface area contributed by atoms with Gasteiger partial charge in [-0.2, -0.15) is 0 Å². The molecule has 2 aliphatic rings. The maximum Gasteiger partial charge on any atom is 0.194 e. The third-order valence-electron chi connectivity index (χ3n) is 5.82. The van der Waals surface area contributed by atoms with Crippen molar-refractivity contribution < 1.29 is 9.59 Å². The van der Waals surface area contributed by atoms with Crippen LogP contribution in [-0.2, 0) is 0 Å². The average molecular weight is 385 g/mol. The summed E-state index contributed by atoms with van der Waals surface area (Å²) < 4.78 is 0. The standard InChI is InChI=1S/C27H15NO2/c29-26-22-7-3-1-5-18(22)20-11-9-16(13-24(20)26)15-28-17-10-12-21-19-6-2-4-8-23(19)27(30)25(21)14-17/h1-15H. The van der Waals surface area contributed by atoms with Crippen LogP contribution < -0.4 is 0 Å². The molecule has 0 fully saturated rings. The summed E-state index contributed by atoms with van der Waals surface area (Å²) in [5, 5.41) is 0. The zero-order chi connectivity index (χ0) is 20.2. The summed E-state index contributed by atoms with van der Waals surface area (Å²) in [5.41, 5.74) is 8.33. The van der Waals surface area contributed by atoms with Gasteiger partial charge in [-0.3, -0.25) is 14.6 Å². The molecule has 0 aliphatic heterocycles. The second-order valence-corrected chi connectivity index (χ2v) is 7.54. The molecule has 0 aromatic heterocycles. The SMILES string of the molecule is O=C1c2ccccc2-c2ccc(C=Nc3ccc4c(c3)C(=O)c3ccccc3-4)cc21. The number of carbonyl (C=O) groups excluding carboxylic acids is 2. The Labute approximate surface area is 173 Å². The molecule has 4 aromatic carbocycles. The van der Waals surface area contributed by atoms with E-state index in [9.17, 15) is 9.59 Å². The van der Waals surface area contributed by atoms with E-state index in [1.165, 1.54) is 0 Å². The first kappa shape index (κ1) is 16.8. The van der Waals surface area contributed by atoms with Crippen LogP contribution in [0.2, 0.25) is 0 Å². The highest BCUT2D eigenvalue weighted by atomic mass is 16.1. The molecule has 3 nitrogen and oxygen atoms in total. The summed E-state index contributed by atoms with van der Waals surface area (Å²) in [5.74, 6) is 0.0929. The second-order valence-electron chi connectivity index (χ2n) is 7.54. The number of hydrogen-bond donors (Lipinski definition) is 0. The highest BCUT2D eigenvalue weighted by Crippen LogP contribution is 2.39. The van der Waals surface area contributed by atoms with E-state index >= 15 is 0 Å². The molecule has 4 aromatic rings. The van der Waals surface area contributed by atoms with Crippen molar-refractivity contribution in [2.24, 2.45) is 4.99 Å². The van der Waals surface area contributed by atoms with Gasteiger partial charge in [-0.15, -0.1) is 0 Å². The van der Waals surface area contributed by atoms with Crippen LogP contribution in [-0.4, -0.2) is 17.8 Å². The van der Waals surface area contributed by atoms with Crippen LogP contribution in [0.3, 0.4) is 0 Å². The molecule has 0 saturated heterocycles. The van der Waals surface area contributed by atoms with Gasteiger partial charge in [0.15, 0.2) is 11.6 Å². The number of ketones is 2. The van der Waals surface area contributed by atoms with Gasteiger partial charge in [0.2, 0.25) is 0 Å². The minimum Gasteiger partial charge on any atom is -0.289 e. The number of hydrogen-bond acceptors (Lipinski definition) is 3. The predicted octanol–water partition coefficient (Wildman–Crippen LogP) is 5.86. The van der Waals surface area contributed by atoms with Gasteiger partial charge in [0.1, 0.15) is 0 Å². The van der Waals surface area contributed by atoms with Crippen molar-refractivity contribution >= 4 is 23.5 Å². The van der Waals surface area contributed by atoms with E-state index < -0.39 is 0 Å². The first-order valence-corrected chi connectivity index (χ1v) is 9.81. The zero-order valence-corrected chi connectivity index (χ0v) is 15.9. The normalized spacial score (nSPS) is 13.3. The predicted molar refractivity (Wildman–Crippen MR) is 118 cm³/mol. The molecule has 0 saturated carbocycles. The molecule has 0 radical (unpaired) electrons. The van der Waals surface area contributed by atoms with Crippen LogP contribution in [0.25, 0.3) is 22.3 Å². The molecule has 0 bridgehead atoms. The van der Waals surface area contributed by atoms with Gasteiger partial charge in [-0.05, 0) is 46.0 Å². The second kappa shape index (κ2) is 6.19. The third kappa shape index (κ3) is 2.36. The molecule has 140 valence electrons. The van der Waals surface area contributed by atoms with E-state index in [1.807, 2.05) is 84.9 Å². The Hall–Kier alpha value is -4.11. The highest BCUT2D eigenvalue weighted by molar-refractivity contribution is 6.23. The lowest BCUT2D eigenvalue weighted by Gasteiger charge is -2.02. The van der Waals surface area contributed by atoms with Gasteiger partial charge in [0, 0.05) is 28.5 Å². The first-order valence-electron chi connectivity index (χ1n) is 9.81. The first-order chi connectivity index (χ1) is 14.7. The monoisotopic (exact) mass is 385 g/mol. The van der Waals surface area contributed by atoms with Crippen LogP contribution in [0.5, 0.6) is 0 Å². The molecule has 0 heterocycles. The van der Waals surface area contributed by atoms with E-state index in [0.717, 1.165) is 38.9 Å². The van der Waals surface area contributed by atoms with E-state index in [0.29, 0.717) is 16.8 Å². The van der Waals surface area contributed by atoms with Crippen molar-refractivity contribution in [3.8, 4) is 22.3 Å². The van der Waals surface area contributed by atoms with Crippen molar-refractivity contribution in [3.05, 3.63) is 113 Å². The Morgan fingerprint density at radius 3 is 1.63 bits per heavy atom. The topological polar surface area (TPSA) is 46.5 Å². The lowest BCUT2D eigenvalue weighted by Crippen LogP contribution is -1.96. The van der Waals surface area contributed by atoms with Crippen LogP contribution >= 0.6 is 0 Å². The fraction of sp³-hybridized carbons (Fsp3) is 0. The molecule has 0 atom stereocenters. The van der Waals surface area contributed by atoms with Crippen LogP contribution in [0.1, 0.15) is 37.4 Å². The lowest BCUT2D eigenvalue weighted by molar-refractivity contribution is 0.103. The molecule has 0 N–H and O–H groups in total. The van der Waals surface area contributed by atoms with Crippen molar-refractivity contribution in [2.75, 3.05) is 0 Å². The van der Waals surface area contributed by atoms with E-state index in [1.54, 1.807) is 6.21 Å². The Bertz CT molecular complexity index is 1320. The van der Waals surface area contributed by atoms with Crippen molar-refractivity contribution in [2.45, 2.75) is 0 Å². The average Bonchev–Trinajstić information content (AvgIpc) is 3.24. The van der Waals surface area contributed by atoms with Gasteiger partial charge in [-0.25, -0.2) is 0 Å². The minimum atomic E-state index is 0.0403. The van der Waals surface area contributed by atoms with Gasteiger partial charge >= 0.3 is 0 Å². The number of nitrogens with zero attached hydrogens (tertiary/aromatic N) is 1. The van der Waals surface area contributed by atoms with Gasteiger partial charge in [0.25, 0.3) is 0 Å². The molecule has 0 amide bonds. The van der Waals surface area contributed by atoms with Crippen molar-refractivity contribution in [1.29, 1.82) is 0 Å². The zero-order valence-electron chi connectivity index (χ0n) is 15.9. The summed E-state index contributed by atoms with van der Waals surface area (Å²) in [6.45, 7) is 0. The third-order valence-corrected chi connectivity index (χ3v) is 5.82. The number of carbonyl (C=O) groups is 2. The van der Waals surface area contributed by atoms with Crippen molar-refractivity contribution in [1.82, 2.24) is 0 Å². The number of rotatable bonds is 2. The van der Waals surface area contributed by atoms with Crippen LogP contribution in [0.15, 0.2) is 89.9 Å². The molecule has 30 heavy (non-hydrogen) atoms. The van der Waals surface area contributed by atoms with Crippen LogP contribution in [0, 0.1) is 0 Å². The number of aliphatic imine (C=N–C) groups is 1. The largest absolute Gasteiger partial charge is 0.289 e. The summed E-state index contributed by atoms with van der Waals surface area (Å²) in [7, 11) is 0. The fourth-order valence-electron chi connectivity index (χ4n) is 4.37. The van der Waals surface area contributed by atoms with E-state index in [-0.39, 0.29) is 11.6 Å². The molecule has 6 rings (SSSR count). The summed E-state index contributed by atoms with van der Waals surface area (Å²) in [6, 6.07) is 26.9. The maximum atomic E-state index is 12.7. The Morgan fingerprint density at radius 2 is 1.00 bits per heavy atom. The van der Waals surface area contributed by atoms with E-state index in [4.69, 9.17) is 0 Å². The van der Waals surface area contributed by atoms with Gasteiger partial charge in [0.05, 0.1) is 5.69 Å². The molecular formula is C27H15NO2. The molecule has 0 spiro atoms. The quantitative estimate of drug-likeness (QED) is 0.351. The molecule has 0 unspecified atom stereocenters.